The number of rotatable bonds is 2. The zero-order valence-electron chi connectivity index (χ0n) is 11.5. The molecule has 110 valence electrons. The van der Waals surface area contributed by atoms with Gasteiger partial charge in [0.25, 0.3) is 0 Å². The van der Waals surface area contributed by atoms with E-state index in [9.17, 15) is 0 Å². The van der Waals surface area contributed by atoms with E-state index in [0.29, 0.717) is 35.6 Å². The van der Waals surface area contributed by atoms with Gasteiger partial charge in [0.15, 0.2) is 17.3 Å². The summed E-state index contributed by atoms with van der Waals surface area (Å²) in [6, 6.07) is 3.64. The fourth-order valence-electron chi connectivity index (χ4n) is 2.09. The molecular weight excluding hydrogens is 358 g/mol. The Morgan fingerprint density at radius 1 is 1.24 bits per heavy atom. The number of hydrogen-bond acceptors (Lipinski definition) is 5. The predicted octanol–water partition coefficient (Wildman–Crippen LogP) is 3.68. The van der Waals surface area contributed by atoms with Crippen LogP contribution in [-0.2, 0) is 0 Å². The van der Waals surface area contributed by atoms with Gasteiger partial charge in [-0.25, -0.2) is 9.97 Å². The Labute approximate surface area is 135 Å². The maximum Gasteiger partial charge on any atom is 0.179 e. The molecule has 7 heteroatoms. The van der Waals surface area contributed by atoms with Crippen LogP contribution in [0.2, 0.25) is 5.02 Å². The van der Waals surface area contributed by atoms with Crippen LogP contribution in [-0.4, -0.2) is 30.2 Å². The Hall–Kier alpha value is -1.53. The standard InChI is InChI=1S/C14H13BrClN3O2/c1-7-11(15)14(17-2)19-13(18-7)8-5-9(16)12-10(6-8)20-3-4-21-12/h5-6H,3-4H2,1-2H3,(H,17,18,19). The van der Waals surface area contributed by atoms with Gasteiger partial charge >= 0.3 is 0 Å². The number of fused-ring (bicyclic) bond motifs is 1. The monoisotopic (exact) mass is 369 g/mol. The molecular formula is C14H13BrClN3O2. The number of anilines is 1. The van der Waals surface area contributed by atoms with Crippen molar-refractivity contribution in [1.29, 1.82) is 0 Å². The van der Waals surface area contributed by atoms with Gasteiger partial charge in [-0.05, 0) is 35.0 Å². The molecule has 0 radical (unpaired) electrons. The minimum Gasteiger partial charge on any atom is -0.486 e. The number of ether oxygens (including phenoxy) is 2. The lowest BCUT2D eigenvalue weighted by atomic mass is 10.1. The second-order valence-corrected chi connectivity index (χ2v) is 5.73. The van der Waals surface area contributed by atoms with Gasteiger partial charge in [-0.1, -0.05) is 11.6 Å². The fraction of sp³-hybridized carbons (Fsp3) is 0.286. The number of aryl methyl sites for hydroxylation is 1. The van der Waals surface area contributed by atoms with Crippen LogP contribution >= 0.6 is 27.5 Å². The molecule has 21 heavy (non-hydrogen) atoms. The number of hydrogen-bond donors (Lipinski definition) is 1. The van der Waals surface area contributed by atoms with Crippen LogP contribution in [0.4, 0.5) is 5.82 Å². The fourth-order valence-corrected chi connectivity index (χ4v) is 2.73. The summed E-state index contributed by atoms with van der Waals surface area (Å²) in [5, 5.41) is 3.53. The molecule has 0 saturated carbocycles. The molecule has 0 amide bonds. The van der Waals surface area contributed by atoms with Crippen molar-refractivity contribution >= 4 is 33.3 Å². The summed E-state index contributed by atoms with van der Waals surface area (Å²) in [5.41, 5.74) is 1.63. The number of halogens is 2. The number of benzene rings is 1. The largest absolute Gasteiger partial charge is 0.486 e. The molecule has 1 aromatic carbocycles. The van der Waals surface area contributed by atoms with Gasteiger partial charge in [0.1, 0.15) is 19.0 Å². The van der Waals surface area contributed by atoms with Gasteiger partial charge in [0.2, 0.25) is 0 Å². The van der Waals surface area contributed by atoms with Gasteiger partial charge in [0, 0.05) is 12.6 Å². The Morgan fingerprint density at radius 3 is 2.76 bits per heavy atom. The van der Waals surface area contributed by atoms with Crippen LogP contribution in [0.3, 0.4) is 0 Å². The van der Waals surface area contributed by atoms with Crippen LogP contribution < -0.4 is 14.8 Å². The molecule has 0 unspecified atom stereocenters. The highest BCUT2D eigenvalue weighted by Gasteiger charge is 2.19. The van der Waals surface area contributed by atoms with Crippen molar-refractivity contribution in [2.24, 2.45) is 0 Å². The Balaban J connectivity index is 2.13. The molecule has 1 aromatic heterocycles. The van der Waals surface area contributed by atoms with Gasteiger partial charge < -0.3 is 14.8 Å². The first kappa shape index (κ1) is 14.4. The molecule has 2 aromatic rings. The maximum atomic E-state index is 6.26. The number of nitrogens with one attached hydrogen (secondary N) is 1. The van der Waals surface area contributed by atoms with Crippen molar-refractivity contribution in [3.8, 4) is 22.9 Å². The summed E-state index contributed by atoms with van der Waals surface area (Å²) < 4.78 is 11.9. The summed E-state index contributed by atoms with van der Waals surface area (Å²) in [4.78, 5) is 8.98. The molecule has 0 spiro atoms. The van der Waals surface area contributed by atoms with Crippen LogP contribution in [0, 0.1) is 6.92 Å². The van der Waals surface area contributed by atoms with E-state index in [1.54, 1.807) is 6.07 Å². The lowest BCUT2D eigenvalue weighted by molar-refractivity contribution is 0.172. The summed E-state index contributed by atoms with van der Waals surface area (Å²) in [6.07, 6.45) is 0. The molecule has 0 saturated heterocycles. The number of nitrogens with zero attached hydrogens (tertiary/aromatic N) is 2. The number of aromatic nitrogens is 2. The maximum absolute atomic E-state index is 6.26. The van der Waals surface area contributed by atoms with E-state index in [2.05, 4.69) is 31.2 Å². The SMILES string of the molecule is CNc1nc(-c2cc(Cl)c3c(c2)OCCO3)nc(C)c1Br. The first-order valence-corrected chi connectivity index (χ1v) is 7.58. The molecule has 0 aliphatic carbocycles. The highest BCUT2D eigenvalue weighted by atomic mass is 79.9. The van der Waals surface area contributed by atoms with Crippen LogP contribution in [0.5, 0.6) is 11.5 Å². The lowest BCUT2D eigenvalue weighted by Gasteiger charge is -2.20. The third-order valence-corrected chi connectivity index (χ3v) is 4.34. The molecule has 0 bridgehead atoms. The van der Waals surface area contributed by atoms with E-state index in [1.165, 1.54) is 0 Å². The van der Waals surface area contributed by atoms with E-state index in [-0.39, 0.29) is 0 Å². The van der Waals surface area contributed by atoms with Crippen molar-refractivity contribution in [3.63, 3.8) is 0 Å². The molecule has 0 fully saturated rings. The molecule has 1 aliphatic rings. The van der Waals surface area contributed by atoms with Crippen molar-refractivity contribution in [1.82, 2.24) is 9.97 Å². The predicted molar refractivity (Wildman–Crippen MR) is 85.5 cm³/mol. The molecule has 2 heterocycles. The molecule has 0 atom stereocenters. The van der Waals surface area contributed by atoms with Gasteiger partial charge in [-0.3, -0.25) is 0 Å². The third kappa shape index (κ3) is 2.65. The van der Waals surface area contributed by atoms with Gasteiger partial charge in [-0.15, -0.1) is 0 Å². The summed E-state index contributed by atoms with van der Waals surface area (Å²) in [6.45, 7) is 2.92. The average molecular weight is 371 g/mol. The van der Waals surface area contributed by atoms with E-state index < -0.39 is 0 Å². The quantitative estimate of drug-likeness (QED) is 0.874. The van der Waals surface area contributed by atoms with Crippen LogP contribution in [0.1, 0.15) is 5.69 Å². The normalized spacial score (nSPS) is 13.1. The Kier molecular flexibility index (Phi) is 3.91. The molecule has 1 aliphatic heterocycles. The third-order valence-electron chi connectivity index (χ3n) is 3.11. The van der Waals surface area contributed by atoms with Crippen LogP contribution in [0.15, 0.2) is 16.6 Å². The lowest BCUT2D eigenvalue weighted by Crippen LogP contribution is -2.15. The topological polar surface area (TPSA) is 56.3 Å². The smallest absolute Gasteiger partial charge is 0.179 e. The second-order valence-electron chi connectivity index (χ2n) is 4.53. The Morgan fingerprint density at radius 2 is 2.00 bits per heavy atom. The first-order chi connectivity index (χ1) is 10.1. The minimum absolute atomic E-state index is 0.498. The average Bonchev–Trinajstić information content (AvgIpc) is 2.50. The second kappa shape index (κ2) is 5.69. The van der Waals surface area contributed by atoms with E-state index in [0.717, 1.165) is 21.5 Å². The molecule has 5 nitrogen and oxygen atoms in total. The van der Waals surface area contributed by atoms with Crippen LogP contribution in [0.25, 0.3) is 11.4 Å². The van der Waals surface area contributed by atoms with E-state index >= 15 is 0 Å². The van der Waals surface area contributed by atoms with Crippen molar-refractivity contribution in [2.45, 2.75) is 6.92 Å². The van der Waals surface area contributed by atoms with Crippen molar-refractivity contribution in [3.05, 3.63) is 27.3 Å². The minimum atomic E-state index is 0.498. The van der Waals surface area contributed by atoms with Gasteiger partial charge in [0.05, 0.1) is 15.2 Å². The van der Waals surface area contributed by atoms with Crippen molar-refractivity contribution in [2.75, 3.05) is 25.6 Å². The van der Waals surface area contributed by atoms with Crippen molar-refractivity contribution < 1.29 is 9.47 Å². The van der Waals surface area contributed by atoms with Gasteiger partial charge in [-0.2, -0.15) is 0 Å². The first-order valence-electron chi connectivity index (χ1n) is 6.41. The zero-order chi connectivity index (χ0) is 15.0. The highest BCUT2D eigenvalue weighted by molar-refractivity contribution is 9.10. The Bertz CT molecular complexity index is 709. The summed E-state index contributed by atoms with van der Waals surface area (Å²) >= 11 is 9.72. The molecule has 3 rings (SSSR count). The van der Waals surface area contributed by atoms with E-state index in [1.807, 2.05) is 20.0 Å². The summed E-state index contributed by atoms with van der Waals surface area (Å²) in [7, 11) is 1.81. The zero-order valence-corrected chi connectivity index (χ0v) is 13.9. The highest BCUT2D eigenvalue weighted by Crippen LogP contribution is 2.40. The molecule has 1 N–H and O–H groups in total. The van der Waals surface area contributed by atoms with E-state index in [4.69, 9.17) is 21.1 Å². The summed E-state index contributed by atoms with van der Waals surface area (Å²) in [5.74, 6) is 2.51.